The first kappa shape index (κ1) is 14.3. The lowest BCUT2D eigenvalue weighted by Crippen LogP contribution is -2.25. The number of ether oxygens (including phenoxy) is 1. The predicted octanol–water partition coefficient (Wildman–Crippen LogP) is 3.42. The predicted molar refractivity (Wildman–Crippen MR) is 83.8 cm³/mol. The van der Waals surface area contributed by atoms with Crippen LogP contribution in [0.25, 0.3) is 6.08 Å². The van der Waals surface area contributed by atoms with Gasteiger partial charge in [-0.25, -0.2) is 4.79 Å². The van der Waals surface area contributed by atoms with Crippen LogP contribution in [0.3, 0.4) is 0 Å². The second-order valence-corrected chi connectivity index (χ2v) is 6.12. The number of hydrogen-bond donors (Lipinski definition) is 0. The fourth-order valence-electron chi connectivity index (χ4n) is 3.12. The summed E-state index contributed by atoms with van der Waals surface area (Å²) in [5, 5.41) is 0. The molecule has 1 aliphatic heterocycles. The van der Waals surface area contributed by atoms with Gasteiger partial charge in [-0.2, -0.15) is 0 Å². The molecule has 21 heavy (non-hydrogen) atoms. The summed E-state index contributed by atoms with van der Waals surface area (Å²) in [6.45, 7) is 2.51. The highest BCUT2D eigenvalue weighted by atomic mass is 16.5. The minimum absolute atomic E-state index is 0.314. The van der Waals surface area contributed by atoms with Crippen LogP contribution >= 0.6 is 0 Å². The van der Waals surface area contributed by atoms with E-state index in [-0.39, 0.29) is 5.97 Å². The van der Waals surface area contributed by atoms with Gasteiger partial charge in [0.2, 0.25) is 0 Å². The maximum absolute atomic E-state index is 11.1. The van der Waals surface area contributed by atoms with Gasteiger partial charge in [0.05, 0.1) is 7.11 Å². The van der Waals surface area contributed by atoms with E-state index in [0.29, 0.717) is 6.04 Å². The van der Waals surface area contributed by atoms with Crippen LogP contribution in [0, 0.1) is 5.92 Å². The Balaban J connectivity index is 1.65. The zero-order valence-electron chi connectivity index (χ0n) is 12.6. The number of rotatable bonds is 5. The molecule has 3 heteroatoms. The summed E-state index contributed by atoms with van der Waals surface area (Å²) in [7, 11) is 1.39. The van der Waals surface area contributed by atoms with E-state index in [9.17, 15) is 4.79 Å². The summed E-state index contributed by atoms with van der Waals surface area (Å²) in [6, 6.07) is 9.16. The van der Waals surface area contributed by atoms with Gasteiger partial charge in [-0.1, -0.05) is 24.3 Å². The molecule has 1 saturated heterocycles. The van der Waals surface area contributed by atoms with Gasteiger partial charge in [-0.15, -0.1) is 0 Å². The van der Waals surface area contributed by atoms with Crippen molar-refractivity contribution in [2.75, 3.05) is 20.2 Å². The zero-order chi connectivity index (χ0) is 14.7. The normalized spacial score (nSPS) is 22.8. The molecule has 1 heterocycles. The van der Waals surface area contributed by atoms with Gasteiger partial charge in [-0.05, 0) is 55.3 Å². The lowest BCUT2D eigenvalue weighted by Gasteiger charge is -2.24. The van der Waals surface area contributed by atoms with Gasteiger partial charge in [0.15, 0.2) is 0 Å². The lowest BCUT2D eigenvalue weighted by molar-refractivity contribution is -0.134. The highest BCUT2D eigenvalue weighted by molar-refractivity contribution is 5.86. The SMILES string of the molecule is COC(=O)C=Cc1ccc([C@@H]2CCCN2CC2CC2)cc1. The van der Waals surface area contributed by atoms with E-state index >= 15 is 0 Å². The third-order valence-corrected chi connectivity index (χ3v) is 4.49. The van der Waals surface area contributed by atoms with Crippen LogP contribution in [0.2, 0.25) is 0 Å². The second kappa shape index (κ2) is 6.44. The van der Waals surface area contributed by atoms with Crippen molar-refractivity contribution in [1.29, 1.82) is 0 Å². The van der Waals surface area contributed by atoms with Crippen molar-refractivity contribution < 1.29 is 9.53 Å². The smallest absolute Gasteiger partial charge is 0.330 e. The van der Waals surface area contributed by atoms with E-state index in [1.54, 1.807) is 6.08 Å². The Morgan fingerprint density at radius 1 is 1.29 bits per heavy atom. The first-order valence-electron chi connectivity index (χ1n) is 7.86. The van der Waals surface area contributed by atoms with E-state index < -0.39 is 0 Å². The number of likely N-dealkylation sites (tertiary alicyclic amines) is 1. The molecular weight excluding hydrogens is 262 g/mol. The molecule has 0 spiro atoms. The molecule has 0 radical (unpaired) electrons. The molecule has 0 aromatic heterocycles. The Labute approximate surface area is 126 Å². The topological polar surface area (TPSA) is 29.5 Å². The highest BCUT2D eigenvalue weighted by Gasteiger charge is 2.31. The molecule has 1 atom stereocenters. The molecule has 3 nitrogen and oxygen atoms in total. The first-order valence-corrected chi connectivity index (χ1v) is 7.86. The van der Waals surface area contributed by atoms with Crippen molar-refractivity contribution in [2.45, 2.75) is 31.7 Å². The zero-order valence-corrected chi connectivity index (χ0v) is 12.6. The first-order chi connectivity index (χ1) is 10.3. The Morgan fingerprint density at radius 2 is 2.05 bits per heavy atom. The van der Waals surface area contributed by atoms with Crippen molar-refractivity contribution in [3.8, 4) is 0 Å². The molecule has 0 unspecified atom stereocenters. The Hall–Kier alpha value is -1.61. The second-order valence-electron chi connectivity index (χ2n) is 6.12. The van der Waals surface area contributed by atoms with Crippen molar-refractivity contribution >= 4 is 12.0 Å². The molecule has 112 valence electrons. The average Bonchev–Trinajstić information content (AvgIpc) is 3.21. The van der Waals surface area contributed by atoms with E-state index in [1.165, 1.54) is 57.5 Å². The number of hydrogen-bond acceptors (Lipinski definition) is 3. The standard InChI is InChI=1S/C18H23NO2/c1-21-18(20)11-8-14-6-9-16(10-7-14)17-3-2-12-19(17)13-15-4-5-15/h6-11,15,17H,2-5,12-13H2,1H3/t17-/m0/s1. The number of methoxy groups -OCH3 is 1. The van der Waals surface area contributed by atoms with Gasteiger partial charge in [0.1, 0.15) is 0 Å². The molecule has 0 N–H and O–H groups in total. The van der Waals surface area contributed by atoms with Gasteiger partial charge >= 0.3 is 5.97 Å². The maximum Gasteiger partial charge on any atom is 0.330 e. The molecule has 0 bridgehead atoms. The lowest BCUT2D eigenvalue weighted by atomic mass is 10.0. The monoisotopic (exact) mass is 285 g/mol. The number of carbonyl (C=O) groups excluding carboxylic acids is 1. The summed E-state index contributed by atoms with van der Waals surface area (Å²) in [5.74, 6) is 0.637. The molecule has 0 amide bonds. The van der Waals surface area contributed by atoms with Crippen molar-refractivity contribution in [1.82, 2.24) is 4.90 Å². The van der Waals surface area contributed by atoms with Gasteiger partial charge in [0, 0.05) is 18.7 Å². The van der Waals surface area contributed by atoms with Crippen molar-refractivity contribution in [3.63, 3.8) is 0 Å². The van der Waals surface area contributed by atoms with Crippen molar-refractivity contribution in [2.24, 2.45) is 5.92 Å². The van der Waals surface area contributed by atoms with Crippen LogP contribution in [0.15, 0.2) is 30.3 Å². The third kappa shape index (κ3) is 3.73. The molecule has 2 aliphatic rings. The van der Waals surface area contributed by atoms with Gasteiger partial charge < -0.3 is 4.74 Å². The molecular formula is C18H23NO2. The maximum atomic E-state index is 11.1. The molecule has 1 aliphatic carbocycles. The fourth-order valence-corrected chi connectivity index (χ4v) is 3.12. The minimum Gasteiger partial charge on any atom is -0.466 e. The van der Waals surface area contributed by atoms with E-state index in [2.05, 4.69) is 33.9 Å². The third-order valence-electron chi connectivity index (χ3n) is 4.49. The number of benzene rings is 1. The van der Waals surface area contributed by atoms with Crippen LogP contribution in [-0.2, 0) is 9.53 Å². The Morgan fingerprint density at radius 3 is 2.71 bits per heavy atom. The van der Waals surface area contributed by atoms with E-state index in [1.807, 2.05) is 0 Å². The van der Waals surface area contributed by atoms with Crippen LogP contribution < -0.4 is 0 Å². The fraction of sp³-hybridized carbons (Fsp3) is 0.500. The number of nitrogens with zero attached hydrogens (tertiary/aromatic N) is 1. The molecule has 1 aromatic rings. The Bertz CT molecular complexity index is 517. The van der Waals surface area contributed by atoms with E-state index in [4.69, 9.17) is 0 Å². The summed E-state index contributed by atoms with van der Waals surface area (Å²) < 4.78 is 4.60. The number of esters is 1. The van der Waals surface area contributed by atoms with Crippen LogP contribution in [0.4, 0.5) is 0 Å². The summed E-state index contributed by atoms with van der Waals surface area (Å²) >= 11 is 0. The Kier molecular flexibility index (Phi) is 4.39. The minimum atomic E-state index is -0.314. The average molecular weight is 285 g/mol. The van der Waals surface area contributed by atoms with Crippen LogP contribution in [0.1, 0.15) is 42.9 Å². The largest absolute Gasteiger partial charge is 0.466 e. The molecule has 2 fully saturated rings. The summed E-state index contributed by atoms with van der Waals surface area (Å²) in [4.78, 5) is 13.7. The quantitative estimate of drug-likeness (QED) is 0.613. The van der Waals surface area contributed by atoms with Gasteiger partial charge in [-0.3, -0.25) is 4.90 Å². The summed E-state index contributed by atoms with van der Waals surface area (Å²) in [6.07, 6.45) is 8.67. The van der Waals surface area contributed by atoms with Gasteiger partial charge in [0.25, 0.3) is 0 Å². The van der Waals surface area contributed by atoms with Crippen LogP contribution in [-0.4, -0.2) is 31.1 Å². The van der Waals surface area contributed by atoms with Crippen LogP contribution in [0.5, 0.6) is 0 Å². The molecule has 1 saturated carbocycles. The summed E-state index contributed by atoms with van der Waals surface area (Å²) in [5.41, 5.74) is 2.44. The van der Waals surface area contributed by atoms with E-state index in [0.717, 1.165) is 11.5 Å². The number of carbonyl (C=O) groups is 1. The molecule has 3 rings (SSSR count). The molecule has 1 aromatic carbocycles. The highest BCUT2D eigenvalue weighted by Crippen LogP contribution is 2.37. The van der Waals surface area contributed by atoms with Crippen molar-refractivity contribution in [3.05, 3.63) is 41.5 Å².